The van der Waals surface area contributed by atoms with E-state index in [0.29, 0.717) is 44.4 Å². The van der Waals surface area contributed by atoms with E-state index >= 15 is 0 Å². The predicted molar refractivity (Wildman–Crippen MR) is 165 cm³/mol. The molecule has 4 heterocycles. The fraction of sp³-hybridized carbons (Fsp3) is 0.483. The van der Waals surface area contributed by atoms with E-state index in [9.17, 15) is 18.5 Å². The Kier molecular flexibility index (Phi) is 8.68. The van der Waals surface area contributed by atoms with Crippen LogP contribution in [0.2, 0.25) is 0 Å². The number of rotatable bonds is 9. The molecule has 1 saturated heterocycles. The molecule has 1 unspecified atom stereocenters. The number of H-pyrrole nitrogens is 1. The molecule has 0 saturated carbocycles. The van der Waals surface area contributed by atoms with Crippen LogP contribution in [0.4, 0.5) is 11.8 Å². The lowest BCUT2D eigenvalue weighted by molar-refractivity contribution is -0.128. The largest absolute Gasteiger partial charge is 0.354 e. The third-order valence-corrected chi connectivity index (χ3v) is 9.88. The van der Waals surface area contributed by atoms with Crippen molar-refractivity contribution in [1.82, 2.24) is 34.3 Å². The Morgan fingerprint density at radius 3 is 2.81 bits per heavy atom. The standard InChI is InChI=1S/C29H38N10O3S/c1-6-43(41,42)39-14-13-38(17-20(39)9-11-30)28-22-18-37(5)25(27-19(2)7-8-23-21(27)16-32-35-23)15-24(22)33-29(34-28)31-12-10-26(40)36(3)4/h6-8,16,20,25H,1,9-10,12-15,17-18H2,2-5H3,(H,32,35)(H,31,33,34)/t20-,25?/m0/s1. The zero-order valence-corrected chi connectivity index (χ0v) is 25.9. The van der Waals surface area contributed by atoms with E-state index in [0.717, 1.165) is 27.6 Å². The second kappa shape index (κ2) is 12.3. The Labute approximate surface area is 252 Å². The van der Waals surface area contributed by atoms with Crippen molar-refractivity contribution in [3.63, 3.8) is 0 Å². The number of hydrogen-bond donors (Lipinski definition) is 2. The summed E-state index contributed by atoms with van der Waals surface area (Å²) in [5, 5.41) is 22.1. The number of aromatic nitrogens is 4. The smallest absolute Gasteiger partial charge is 0.236 e. The molecule has 14 heteroatoms. The second-order valence-electron chi connectivity index (χ2n) is 11.3. The van der Waals surface area contributed by atoms with Crippen LogP contribution in [0.25, 0.3) is 10.9 Å². The molecule has 228 valence electrons. The summed E-state index contributed by atoms with van der Waals surface area (Å²) >= 11 is 0. The van der Waals surface area contributed by atoms with Gasteiger partial charge in [-0.25, -0.2) is 13.4 Å². The maximum absolute atomic E-state index is 12.7. The molecule has 2 N–H and O–H groups in total. The van der Waals surface area contributed by atoms with Crippen molar-refractivity contribution in [3.8, 4) is 6.07 Å². The number of piperazine rings is 1. The zero-order chi connectivity index (χ0) is 30.9. The normalized spacial score (nSPS) is 19.6. The van der Waals surface area contributed by atoms with Crippen LogP contribution in [0.1, 0.15) is 41.3 Å². The summed E-state index contributed by atoms with van der Waals surface area (Å²) in [4.78, 5) is 28.0. The number of benzene rings is 1. The molecule has 2 atom stereocenters. The van der Waals surface area contributed by atoms with Gasteiger partial charge in [0, 0.05) is 82.1 Å². The molecule has 0 spiro atoms. The van der Waals surface area contributed by atoms with E-state index in [1.807, 2.05) is 12.3 Å². The van der Waals surface area contributed by atoms with Crippen molar-refractivity contribution in [2.45, 2.75) is 44.8 Å². The van der Waals surface area contributed by atoms with Crippen LogP contribution in [0.3, 0.4) is 0 Å². The van der Waals surface area contributed by atoms with Crippen molar-refractivity contribution in [1.29, 1.82) is 5.26 Å². The third kappa shape index (κ3) is 6.06. The molecular weight excluding hydrogens is 568 g/mol. The molecular formula is C29H38N10O3S. The van der Waals surface area contributed by atoms with Crippen LogP contribution in [-0.2, 0) is 27.8 Å². The first kappa shape index (κ1) is 30.4. The van der Waals surface area contributed by atoms with E-state index in [1.165, 1.54) is 15.4 Å². The van der Waals surface area contributed by atoms with Crippen LogP contribution < -0.4 is 10.2 Å². The minimum Gasteiger partial charge on any atom is -0.354 e. The van der Waals surface area contributed by atoms with Gasteiger partial charge in [0.25, 0.3) is 0 Å². The summed E-state index contributed by atoms with van der Waals surface area (Å²) in [7, 11) is 1.84. The number of nitrogens with one attached hydrogen (secondary N) is 2. The van der Waals surface area contributed by atoms with Crippen molar-refractivity contribution in [2.75, 3.05) is 57.5 Å². The highest BCUT2D eigenvalue weighted by molar-refractivity contribution is 7.92. The molecule has 1 aromatic carbocycles. The van der Waals surface area contributed by atoms with Crippen LogP contribution >= 0.6 is 0 Å². The molecule has 0 radical (unpaired) electrons. The maximum atomic E-state index is 12.7. The number of amides is 1. The molecule has 0 bridgehead atoms. The molecule has 3 aromatic rings. The average Bonchev–Trinajstić information content (AvgIpc) is 3.46. The Balaban J connectivity index is 1.52. The number of anilines is 2. The van der Waals surface area contributed by atoms with Gasteiger partial charge < -0.3 is 15.1 Å². The highest BCUT2D eigenvalue weighted by Gasteiger charge is 2.37. The lowest BCUT2D eigenvalue weighted by Crippen LogP contribution is -2.55. The number of carbonyl (C=O) groups is 1. The van der Waals surface area contributed by atoms with Gasteiger partial charge in [0.05, 0.1) is 35.9 Å². The van der Waals surface area contributed by atoms with Crippen LogP contribution in [0, 0.1) is 18.3 Å². The number of nitrogens with zero attached hydrogens (tertiary/aromatic N) is 8. The number of aromatic amines is 1. The molecule has 2 aliphatic heterocycles. The van der Waals surface area contributed by atoms with Gasteiger partial charge in [-0.2, -0.15) is 19.6 Å². The van der Waals surface area contributed by atoms with Gasteiger partial charge in [-0.15, -0.1) is 0 Å². The highest BCUT2D eigenvalue weighted by Crippen LogP contribution is 2.39. The average molecular weight is 607 g/mol. The molecule has 1 amide bonds. The van der Waals surface area contributed by atoms with Crippen molar-refractivity contribution in [2.24, 2.45) is 0 Å². The summed E-state index contributed by atoms with van der Waals surface area (Å²) in [5.74, 6) is 1.13. The number of hydrogen-bond acceptors (Lipinski definition) is 10. The Bertz CT molecular complexity index is 1680. The number of sulfonamides is 1. The summed E-state index contributed by atoms with van der Waals surface area (Å²) in [6.07, 6.45) is 2.83. The van der Waals surface area contributed by atoms with E-state index in [4.69, 9.17) is 9.97 Å². The van der Waals surface area contributed by atoms with Crippen molar-refractivity contribution >= 4 is 38.6 Å². The van der Waals surface area contributed by atoms with Gasteiger partial charge >= 0.3 is 0 Å². The monoisotopic (exact) mass is 606 g/mol. The Hall–Kier alpha value is -4.06. The van der Waals surface area contributed by atoms with Crippen molar-refractivity contribution < 1.29 is 13.2 Å². The van der Waals surface area contributed by atoms with E-state index < -0.39 is 16.1 Å². The number of aryl methyl sites for hydroxylation is 1. The minimum atomic E-state index is -3.69. The zero-order valence-electron chi connectivity index (χ0n) is 25.0. The summed E-state index contributed by atoms with van der Waals surface area (Å²) in [6.45, 7) is 7.44. The van der Waals surface area contributed by atoms with E-state index in [2.05, 4.69) is 58.0 Å². The van der Waals surface area contributed by atoms with Gasteiger partial charge in [-0.1, -0.05) is 12.6 Å². The van der Waals surface area contributed by atoms with E-state index in [-0.39, 0.29) is 31.3 Å². The summed E-state index contributed by atoms with van der Waals surface area (Å²) in [5.41, 5.74) is 5.21. The fourth-order valence-corrected chi connectivity index (χ4v) is 7.12. The number of likely N-dealkylation sites (N-methyl/N-ethyl adjacent to an activating group) is 1. The van der Waals surface area contributed by atoms with Crippen LogP contribution in [0.15, 0.2) is 30.3 Å². The molecule has 13 nitrogen and oxygen atoms in total. The number of fused-ring (bicyclic) bond motifs is 2. The van der Waals surface area contributed by atoms with E-state index in [1.54, 1.807) is 19.0 Å². The van der Waals surface area contributed by atoms with Gasteiger partial charge in [-0.05, 0) is 31.2 Å². The van der Waals surface area contributed by atoms with Crippen molar-refractivity contribution in [3.05, 3.63) is 52.7 Å². The SMILES string of the molecule is C=CS(=O)(=O)N1CCN(c2nc(NCCC(=O)N(C)C)nc3c2CN(C)C(c2c(C)ccc4[nH]ncc24)C3)C[C@@H]1CC#N. The molecule has 1 fully saturated rings. The predicted octanol–water partition coefficient (Wildman–Crippen LogP) is 2.16. The van der Waals surface area contributed by atoms with Gasteiger partial charge in [0.15, 0.2) is 0 Å². The quantitative estimate of drug-likeness (QED) is 0.370. The minimum absolute atomic E-state index is 0.00468. The topological polar surface area (TPSA) is 154 Å². The summed E-state index contributed by atoms with van der Waals surface area (Å²) in [6, 6.07) is 5.78. The molecule has 2 aromatic heterocycles. The third-order valence-electron chi connectivity index (χ3n) is 8.33. The Morgan fingerprint density at radius 2 is 2.09 bits per heavy atom. The van der Waals surface area contributed by atoms with Crippen LogP contribution in [-0.4, -0.2) is 102 Å². The first-order valence-corrected chi connectivity index (χ1v) is 15.8. The molecule has 0 aliphatic carbocycles. The van der Waals surface area contributed by atoms with Gasteiger partial charge in [0.1, 0.15) is 5.82 Å². The number of carbonyl (C=O) groups excluding carboxylic acids is 1. The first-order valence-electron chi connectivity index (χ1n) is 14.3. The van der Waals surface area contributed by atoms with Gasteiger partial charge in [-0.3, -0.25) is 14.8 Å². The molecule has 5 rings (SSSR count). The number of nitriles is 1. The Morgan fingerprint density at radius 1 is 1.30 bits per heavy atom. The molecule has 2 aliphatic rings. The maximum Gasteiger partial charge on any atom is 0.236 e. The summed E-state index contributed by atoms with van der Waals surface area (Å²) < 4.78 is 26.8. The lowest BCUT2D eigenvalue weighted by atomic mass is 9.89. The highest BCUT2D eigenvalue weighted by atomic mass is 32.2. The second-order valence-corrected chi connectivity index (χ2v) is 13.1. The van der Waals surface area contributed by atoms with Gasteiger partial charge in [0.2, 0.25) is 21.9 Å². The fourth-order valence-electron chi connectivity index (χ4n) is 6.04. The first-order chi connectivity index (χ1) is 20.5. The van der Waals surface area contributed by atoms with Crippen LogP contribution in [0.5, 0.6) is 0 Å². The lowest BCUT2D eigenvalue weighted by Gasteiger charge is -2.42. The molecule has 43 heavy (non-hydrogen) atoms.